The lowest BCUT2D eigenvalue weighted by atomic mass is 9.80. The lowest BCUT2D eigenvalue weighted by Gasteiger charge is -2.28. The smallest absolute Gasteiger partial charge is 0.306 e. The molecule has 316 valence electrons. The number of esters is 2. The third-order valence-corrected chi connectivity index (χ3v) is 10.1. The summed E-state index contributed by atoms with van der Waals surface area (Å²) in [6.45, 7) is 16.3. The lowest BCUT2D eigenvalue weighted by Crippen LogP contribution is -2.36. The Hall–Kier alpha value is -7.98. The number of carbonyl (C=O) groups is 4. The van der Waals surface area contributed by atoms with Crippen LogP contribution in [0.25, 0.3) is 26.7 Å². The third kappa shape index (κ3) is 10.1. The van der Waals surface area contributed by atoms with Crippen LogP contribution in [0.15, 0.2) is 58.4 Å². The SMILES string of the molecule is [C-]#[N+]/C(C#N)=c1/cc(OCCO)/c(=C(\C#N)[N+]#[C-])cc1OCCOC(=O)CCC(=O)OCCN(CC)c1ccc(C2=C(O)/C(=C3\C(=O)N(C4CCCCC4)N=C3C#N)C2=O)cc1. The van der Waals surface area contributed by atoms with E-state index in [2.05, 4.69) is 14.8 Å². The number of Topliss-reactive ketones (excluding diaryl/α,β-unsaturated/α-hetero) is 1. The van der Waals surface area contributed by atoms with E-state index in [1.54, 1.807) is 36.4 Å². The first-order chi connectivity index (χ1) is 30.0. The van der Waals surface area contributed by atoms with Gasteiger partial charge in [0.1, 0.15) is 49.8 Å². The first-order valence-corrected chi connectivity index (χ1v) is 19.6. The average molecular weight is 841 g/mol. The Morgan fingerprint density at radius 1 is 0.855 bits per heavy atom. The summed E-state index contributed by atoms with van der Waals surface area (Å²) >= 11 is 0. The number of likely N-dealkylation sites (N-methyl/N-ethyl adjacent to an activating group) is 1. The van der Waals surface area contributed by atoms with E-state index < -0.39 is 23.6 Å². The van der Waals surface area contributed by atoms with E-state index in [4.69, 9.17) is 32.1 Å². The molecule has 0 aromatic heterocycles. The molecule has 18 nitrogen and oxygen atoms in total. The molecule has 0 saturated heterocycles. The summed E-state index contributed by atoms with van der Waals surface area (Å²) in [6.07, 6.45) is 3.87. The largest absolute Gasteiger partial charge is 0.506 e. The number of carbonyl (C=O) groups excluding carboxylic acids is 4. The maximum atomic E-state index is 13.3. The maximum absolute atomic E-state index is 13.3. The fraction of sp³-hybridized carbons (Fsp3) is 0.364. The van der Waals surface area contributed by atoms with Gasteiger partial charge in [0, 0.05) is 22.7 Å². The summed E-state index contributed by atoms with van der Waals surface area (Å²) in [6, 6.07) is 14.5. The van der Waals surface area contributed by atoms with Crippen molar-refractivity contribution in [3.05, 3.63) is 92.1 Å². The molecule has 1 fully saturated rings. The second-order valence-electron chi connectivity index (χ2n) is 13.8. The van der Waals surface area contributed by atoms with Crippen LogP contribution in [0.4, 0.5) is 5.69 Å². The van der Waals surface area contributed by atoms with E-state index >= 15 is 0 Å². The van der Waals surface area contributed by atoms with Crippen molar-refractivity contribution in [1.82, 2.24) is 5.01 Å². The van der Waals surface area contributed by atoms with Gasteiger partial charge in [0.05, 0.1) is 74.0 Å². The van der Waals surface area contributed by atoms with Gasteiger partial charge in [0.15, 0.2) is 5.71 Å². The van der Waals surface area contributed by atoms with Gasteiger partial charge in [-0.2, -0.15) is 10.4 Å². The van der Waals surface area contributed by atoms with Crippen molar-refractivity contribution in [2.45, 2.75) is 57.9 Å². The van der Waals surface area contributed by atoms with E-state index in [1.807, 2.05) is 17.9 Å². The lowest BCUT2D eigenvalue weighted by molar-refractivity contribution is -0.150. The van der Waals surface area contributed by atoms with E-state index in [1.165, 1.54) is 17.1 Å². The van der Waals surface area contributed by atoms with Crippen LogP contribution in [0.5, 0.6) is 11.5 Å². The van der Waals surface area contributed by atoms with E-state index in [0.29, 0.717) is 18.7 Å². The van der Waals surface area contributed by atoms with E-state index in [-0.39, 0.29) is 113 Å². The van der Waals surface area contributed by atoms with Crippen molar-refractivity contribution in [3.8, 4) is 29.7 Å². The summed E-state index contributed by atoms with van der Waals surface area (Å²) in [7, 11) is 0. The Bertz CT molecular complexity index is 2540. The standard InChI is InChI=1S/C44H40N8O10/c1-4-51(28-12-10-27(11-13-28)39-42(56)41(43(39)57)40-34(26-47)50-52(44(40)58)29-8-6-5-7-9-29)16-18-61-37(54)14-15-38(55)62-21-20-60-36-23-30(32(24-45)48-2)35(59-19-17-53)22-31(36)33(25-46)49-3/h10-13,22-23,29,53,56H,4-9,14-21H2,1H3/b32-30+,33-31-,41-40+. The van der Waals surface area contributed by atoms with Gasteiger partial charge in [-0.1, -0.05) is 31.4 Å². The summed E-state index contributed by atoms with van der Waals surface area (Å²) in [4.78, 5) is 59.7. The number of anilines is 1. The molecule has 1 heterocycles. The molecule has 2 aliphatic carbocycles. The number of benzene rings is 2. The number of hydrazone groups is 1. The number of aliphatic hydroxyl groups excluding tert-OH is 2. The molecule has 0 radical (unpaired) electrons. The molecule has 1 aliphatic heterocycles. The van der Waals surface area contributed by atoms with Gasteiger partial charge in [0.2, 0.25) is 5.78 Å². The topological polar surface area (TPSA) is 245 Å². The Labute approximate surface area is 356 Å². The molecule has 18 heteroatoms. The summed E-state index contributed by atoms with van der Waals surface area (Å²) in [5.41, 5.74) is -0.133. The van der Waals surface area contributed by atoms with Gasteiger partial charge in [-0.25, -0.2) is 25.2 Å². The van der Waals surface area contributed by atoms with Gasteiger partial charge in [0.25, 0.3) is 17.3 Å². The van der Waals surface area contributed by atoms with Gasteiger partial charge in [-0.3, -0.25) is 19.2 Å². The van der Waals surface area contributed by atoms with Crippen molar-refractivity contribution in [2.24, 2.45) is 5.10 Å². The van der Waals surface area contributed by atoms with Crippen LogP contribution in [-0.4, -0.2) is 96.7 Å². The number of amides is 1. The summed E-state index contributed by atoms with van der Waals surface area (Å²) in [5.74, 6) is -2.93. The van der Waals surface area contributed by atoms with Gasteiger partial charge < -0.3 is 34.1 Å². The molecular weight excluding hydrogens is 801 g/mol. The average Bonchev–Trinajstić information content (AvgIpc) is 3.61. The molecule has 3 aliphatic rings. The zero-order chi connectivity index (χ0) is 44.8. The molecule has 0 bridgehead atoms. The monoisotopic (exact) mass is 840 g/mol. The Morgan fingerprint density at radius 2 is 1.44 bits per heavy atom. The minimum absolute atomic E-state index is 0.00321. The molecule has 1 saturated carbocycles. The molecule has 2 aromatic rings. The van der Waals surface area contributed by atoms with Gasteiger partial charge in [-0.15, -0.1) is 0 Å². The number of ether oxygens (including phenoxy) is 4. The van der Waals surface area contributed by atoms with Gasteiger partial charge >= 0.3 is 11.9 Å². The third-order valence-electron chi connectivity index (χ3n) is 10.1. The molecule has 2 aromatic carbocycles. The van der Waals surface area contributed by atoms with E-state index in [0.717, 1.165) is 37.8 Å². The number of rotatable bonds is 17. The van der Waals surface area contributed by atoms with Crippen molar-refractivity contribution in [1.29, 1.82) is 15.8 Å². The second-order valence-corrected chi connectivity index (χ2v) is 13.8. The maximum Gasteiger partial charge on any atom is 0.306 e. The first kappa shape index (κ1) is 45.1. The van der Waals surface area contributed by atoms with E-state index in [9.17, 15) is 45.2 Å². The van der Waals surface area contributed by atoms with Crippen molar-refractivity contribution < 1.29 is 48.3 Å². The molecule has 0 spiro atoms. The predicted octanol–water partition coefficient (Wildman–Crippen LogP) is 3.13. The zero-order valence-corrected chi connectivity index (χ0v) is 33.7. The van der Waals surface area contributed by atoms with Crippen molar-refractivity contribution >= 4 is 52.0 Å². The molecule has 2 N–H and O–H groups in total. The number of nitrogens with zero attached hydrogens (tertiary/aromatic N) is 8. The molecular formula is C44H40N8O10. The normalized spacial score (nSPS) is 16.9. The van der Waals surface area contributed by atoms with Crippen LogP contribution >= 0.6 is 0 Å². The molecule has 0 atom stereocenters. The second kappa shape index (κ2) is 21.3. The number of nitriles is 3. The number of allylic oxidation sites excluding steroid dienone is 2. The summed E-state index contributed by atoms with van der Waals surface area (Å²) < 4.78 is 21.6. The van der Waals surface area contributed by atoms with Gasteiger partial charge in [-0.05, 0) is 49.6 Å². The molecule has 0 unspecified atom stereocenters. The Kier molecular flexibility index (Phi) is 15.5. The highest BCUT2D eigenvalue weighted by atomic mass is 16.6. The van der Waals surface area contributed by atoms with Crippen molar-refractivity contribution in [2.75, 3.05) is 51.0 Å². The fourth-order valence-corrected chi connectivity index (χ4v) is 7.05. The van der Waals surface area contributed by atoms with Crippen LogP contribution in [0.1, 0.15) is 57.4 Å². The number of aliphatic hydroxyl groups is 2. The molecule has 1 amide bonds. The van der Waals surface area contributed by atoms with Crippen LogP contribution in [0, 0.1) is 47.1 Å². The first-order valence-electron chi connectivity index (χ1n) is 19.6. The van der Waals surface area contributed by atoms with Crippen LogP contribution in [0.2, 0.25) is 0 Å². The summed E-state index contributed by atoms with van der Waals surface area (Å²) in [5, 5.41) is 54.3. The number of ketones is 1. The quantitative estimate of drug-likeness (QED) is 0.101. The fourth-order valence-electron chi connectivity index (χ4n) is 7.05. The van der Waals surface area contributed by atoms with Crippen LogP contribution < -0.4 is 24.8 Å². The minimum Gasteiger partial charge on any atom is -0.506 e. The Morgan fingerprint density at radius 3 is 1.95 bits per heavy atom. The minimum atomic E-state index is -0.725. The molecule has 62 heavy (non-hydrogen) atoms. The Balaban J connectivity index is 1.10. The number of hydrogen-bond donors (Lipinski definition) is 2. The van der Waals surface area contributed by atoms with Crippen molar-refractivity contribution in [3.63, 3.8) is 0 Å². The van der Waals surface area contributed by atoms with Crippen LogP contribution in [-0.2, 0) is 28.7 Å². The zero-order valence-electron chi connectivity index (χ0n) is 33.7. The number of hydrogen-bond acceptors (Lipinski definition) is 15. The van der Waals surface area contributed by atoms with Crippen LogP contribution in [0.3, 0.4) is 0 Å². The highest BCUT2D eigenvalue weighted by Crippen LogP contribution is 2.41. The molecule has 5 rings (SSSR count). The highest BCUT2D eigenvalue weighted by Gasteiger charge is 2.45. The highest BCUT2D eigenvalue weighted by molar-refractivity contribution is 6.45. The predicted molar refractivity (Wildman–Crippen MR) is 219 cm³/mol.